The number of esters is 1. The first-order chi connectivity index (χ1) is 13.0. The number of rotatable bonds is 5. The highest BCUT2D eigenvalue weighted by Crippen LogP contribution is 2.32. The SMILES string of the molecule is C[C@H](OC(=O)/C=C/c1ccccc1F)C(=O)Nc1ccc2c(c1)OCCO2. The van der Waals surface area contributed by atoms with Crippen LogP contribution in [-0.4, -0.2) is 31.2 Å². The normalized spacial score (nSPS) is 13.9. The number of hydrogen-bond donors (Lipinski definition) is 1. The number of amides is 1. The van der Waals surface area contributed by atoms with E-state index in [9.17, 15) is 14.0 Å². The van der Waals surface area contributed by atoms with E-state index in [4.69, 9.17) is 14.2 Å². The van der Waals surface area contributed by atoms with E-state index < -0.39 is 23.8 Å². The third-order valence-corrected chi connectivity index (χ3v) is 3.78. The van der Waals surface area contributed by atoms with E-state index in [2.05, 4.69) is 5.32 Å². The molecule has 1 aliphatic heterocycles. The largest absolute Gasteiger partial charge is 0.486 e. The average Bonchev–Trinajstić information content (AvgIpc) is 2.67. The zero-order chi connectivity index (χ0) is 19.2. The van der Waals surface area contributed by atoms with Crippen molar-refractivity contribution in [1.29, 1.82) is 0 Å². The van der Waals surface area contributed by atoms with Crippen molar-refractivity contribution < 1.29 is 28.2 Å². The van der Waals surface area contributed by atoms with Gasteiger partial charge in [0.05, 0.1) is 0 Å². The van der Waals surface area contributed by atoms with Crippen molar-refractivity contribution in [3.63, 3.8) is 0 Å². The van der Waals surface area contributed by atoms with Crippen molar-refractivity contribution >= 4 is 23.6 Å². The smallest absolute Gasteiger partial charge is 0.331 e. The van der Waals surface area contributed by atoms with Gasteiger partial charge in [-0.05, 0) is 31.2 Å². The minimum Gasteiger partial charge on any atom is -0.486 e. The fourth-order valence-electron chi connectivity index (χ4n) is 2.40. The molecule has 0 fully saturated rings. The topological polar surface area (TPSA) is 73.9 Å². The number of ether oxygens (including phenoxy) is 3. The Kier molecular flexibility index (Phi) is 5.71. The number of hydrogen-bond acceptors (Lipinski definition) is 5. The summed E-state index contributed by atoms with van der Waals surface area (Å²) >= 11 is 0. The molecule has 140 valence electrons. The third-order valence-electron chi connectivity index (χ3n) is 3.78. The number of carbonyl (C=O) groups is 2. The van der Waals surface area contributed by atoms with Crippen LogP contribution in [0.25, 0.3) is 6.08 Å². The lowest BCUT2D eigenvalue weighted by atomic mass is 10.2. The molecule has 0 spiro atoms. The van der Waals surface area contributed by atoms with Crippen molar-refractivity contribution in [2.24, 2.45) is 0 Å². The van der Waals surface area contributed by atoms with Crippen LogP contribution in [0.3, 0.4) is 0 Å². The van der Waals surface area contributed by atoms with Gasteiger partial charge >= 0.3 is 5.97 Å². The first kappa shape index (κ1) is 18.4. The molecule has 7 heteroatoms. The molecule has 1 N–H and O–H groups in total. The maximum Gasteiger partial charge on any atom is 0.331 e. The van der Waals surface area contributed by atoms with Gasteiger partial charge < -0.3 is 19.5 Å². The van der Waals surface area contributed by atoms with Gasteiger partial charge in [-0.3, -0.25) is 4.79 Å². The Morgan fingerprint density at radius 3 is 2.67 bits per heavy atom. The first-order valence-corrected chi connectivity index (χ1v) is 8.36. The molecule has 0 unspecified atom stereocenters. The van der Waals surface area contributed by atoms with E-state index >= 15 is 0 Å². The highest BCUT2D eigenvalue weighted by Gasteiger charge is 2.18. The van der Waals surface area contributed by atoms with Gasteiger partial charge in [0, 0.05) is 23.4 Å². The molecule has 0 bridgehead atoms. The van der Waals surface area contributed by atoms with Gasteiger partial charge in [-0.2, -0.15) is 0 Å². The van der Waals surface area contributed by atoms with Crippen LogP contribution in [0.5, 0.6) is 11.5 Å². The highest BCUT2D eigenvalue weighted by molar-refractivity contribution is 5.96. The quantitative estimate of drug-likeness (QED) is 0.646. The summed E-state index contributed by atoms with van der Waals surface area (Å²) in [4.78, 5) is 24.0. The molecule has 0 aliphatic carbocycles. The molecule has 0 saturated heterocycles. The van der Waals surface area contributed by atoms with Crippen LogP contribution in [0, 0.1) is 5.82 Å². The molecule has 6 nitrogen and oxygen atoms in total. The van der Waals surface area contributed by atoms with E-state index in [1.165, 1.54) is 25.1 Å². The van der Waals surface area contributed by atoms with Crippen molar-refractivity contribution in [2.45, 2.75) is 13.0 Å². The second-order valence-corrected chi connectivity index (χ2v) is 5.78. The van der Waals surface area contributed by atoms with Crippen LogP contribution >= 0.6 is 0 Å². The van der Waals surface area contributed by atoms with Crippen molar-refractivity contribution in [3.05, 3.63) is 59.9 Å². The van der Waals surface area contributed by atoms with Gasteiger partial charge in [-0.25, -0.2) is 9.18 Å². The average molecular weight is 371 g/mol. The molecule has 1 atom stereocenters. The van der Waals surface area contributed by atoms with E-state index in [0.717, 1.165) is 6.08 Å². The molecule has 1 amide bonds. The minimum absolute atomic E-state index is 0.253. The fraction of sp³-hybridized carbons (Fsp3) is 0.200. The van der Waals surface area contributed by atoms with Crippen LogP contribution in [0.4, 0.5) is 10.1 Å². The number of anilines is 1. The van der Waals surface area contributed by atoms with E-state index in [1.54, 1.807) is 30.3 Å². The van der Waals surface area contributed by atoms with Gasteiger partial charge in [0.15, 0.2) is 17.6 Å². The Morgan fingerprint density at radius 2 is 1.89 bits per heavy atom. The summed E-state index contributed by atoms with van der Waals surface area (Å²) in [6.45, 7) is 2.36. The molecule has 0 saturated carbocycles. The van der Waals surface area contributed by atoms with E-state index in [1.807, 2.05) is 0 Å². The summed E-state index contributed by atoms with van der Waals surface area (Å²) < 4.78 is 29.4. The summed E-state index contributed by atoms with van der Waals surface area (Å²) in [7, 11) is 0. The number of nitrogens with one attached hydrogen (secondary N) is 1. The lowest BCUT2D eigenvalue weighted by Crippen LogP contribution is -2.29. The molecular weight excluding hydrogens is 353 g/mol. The minimum atomic E-state index is -1.03. The third kappa shape index (κ3) is 4.84. The van der Waals surface area contributed by atoms with Crippen molar-refractivity contribution in [2.75, 3.05) is 18.5 Å². The summed E-state index contributed by atoms with van der Waals surface area (Å²) in [6, 6.07) is 11.0. The summed E-state index contributed by atoms with van der Waals surface area (Å²) in [6.07, 6.45) is 1.34. The van der Waals surface area contributed by atoms with Crippen LogP contribution in [0.15, 0.2) is 48.5 Å². The monoisotopic (exact) mass is 371 g/mol. The molecule has 2 aromatic carbocycles. The summed E-state index contributed by atoms with van der Waals surface area (Å²) in [5, 5.41) is 2.64. The lowest BCUT2D eigenvalue weighted by molar-refractivity contribution is -0.148. The molecular formula is C20H18FNO5. The van der Waals surface area contributed by atoms with Crippen LogP contribution < -0.4 is 14.8 Å². The van der Waals surface area contributed by atoms with Crippen LogP contribution in [-0.2, 0) is 14.3 Å². The lowest BCUT2D eigenvalue weighted by Gasteiger charge is -2.19. The molecule has 3 rings (SSSR count). The van der Waals surface area contributed by atoms with Crippen molar-refractivity contribution in [1.82, 2.24) is 0 Å². The standard InChI is InChI=1S/C20H18FNO5/c1-13(27-19(23)9-6-14-4-2-3-5-16(14)21)20(24)22-15-7-8-17-18(12-15)26-11-10-25-17/h2-9,12-13H,10-11H2,1H3,(H,22,24)/b9-6+/t13-/m0/s1. The van der Waals surface area contributed by atoms with Crippen molar-refractivity contribution in [3.8, 4) is 11.5 Å². The van der Waals surface area contributed by atoms with Gasteiger partial charge in [-0.1, -0.05) is 18.2 Å². The Bertz CT molecular complexity index is 880. The van der Waals surface area contributed by atoms with Gasteiger partial charge in [0.1, 0.15) is 19.0 Å². The predicted octanol–water partition coefficient (Wildman–Crippen LogP) is 3.18. The molecule has 27 heavy (non-hydrogen) atoms. The molecule has 1 heterocycles. The zero-order valence-electron chi connectivity index (χ0n) is 14.6. The highest BCUT2D eigenvalue weighted by atomic mass is 19.1. The number of halogens is 1. The molecule has 2 aromatic rings. The van der Waals surface area contributed by atoms with Gasteiger partial charge in [0.2, 0.25) is 0 Å². The maximum absolute atomic E-state index is 13.5. The summed E-state index contributed by atoms with van der Waals surface area (Å²) in [5.74, 6) is -0.554. The first-order valence-electron chi connectivity index (χ1n) is 8.36. The van der Waals surface area contributed by atoms with Gasteiger partial charge in [-0.15, -0.1) is 0 Å². The maximum atomic E-state index is 13.5. The number of carbonyl (C=O) groups excluding carboxylic acids is 2. The number of fused-ring (bicyclic) bond motifs is 1. The number of benzene rings is 2. The van der Waals surface area contributed by atoms with Gasteiger partial charge in [0.25, 0.3) is 5.91 Å². The van der Waals surface area contributed by atoms with Crippen LogP contribution in [0.2, 0.25) is 0 Å². The molecule has 1 aliphatic rings. The summed E-state index contributed by atoms with van der Waals surface area (Å²) in [5.41, 5.74) is 0.747. The molecule has 0 radical (unpaired) electrons. The predicted molar refractivity (Wildman–Crippen MR) is 97.0 cm³/mol. The molecule has 0 aromatic heterocycles. The Labute approximate surface area is 155 Å². The zero-order valence-corrected chi connectivity index (χ0v) is 14.6. The Hall–Kier alpha value is -3.35. The fourth-order valence-corrected chi connectivity index (χ4v) is 2.40. The second kappa shape index (κ2) is 8.35. The second-order valence-electron chi connectivity index (χ2n) is 5.78. The van der Waals surface area contributed by atoms with E-state index in [-0.39, 0.29) is 5.56 Å². The Balaban J connectivity index is 1.56. The van der Waals surface area contributed by atoms with Crippen LogP contribution in [0.1, 0.15) is 12.5 Å². The Morgan fingerprint density at radius 1 is 1.15 bits per heavy atom. The van der Waals surface area contributed by atoms with E-state index in [0.29, 0.717) is 30.4 Å².